The van der Waals surface area contributed by atoms with Crippen LogP contribution in [0.1, 0.15) is 5.76 Å². The van der Waals surface area contributed by atoms with Crippen LogP contribution < -0.4 is 10.2 Å². The van der Waals surface area contributed by atoms with Crippen LogP contribution in [0.4, 0.5) is 11.4 Å². The van der Waals surface area contributed by atoms with Crippen molar-refractivity contribution in [2.24, 2.45) is 0 Å². The average Bonchev–Trinajstić information content (AvgIpc) is 3.22. The third-order valence-electron chi connectivity index (χ3n) is 4.79. The van der Waals surface area contributed by atoms with E-state index in [1.165, 1.54) is 6.08 Å². The van der Waals surface area contributed by atoms with Gasteiger partial charge in [-0.2, -0.15) is 0 Å². The molecule has 0 unspecified atom stereocenters. The second-order valence-corrected chi connectivity index (χ2v) is 8.19. The van der Waals surface area contributed by atoms with E-state index in [2.05, 4.69) is 10.2 Å². The van der Waals surface area contributed by atoms with E-state index in [0.717, 1.165) is 24.3 Å². The van der Waals surface area contributed by atoms with E-state index in [1.807, 2.05) is 12.1 Å². The summed E-state index contributed by atoms with van der Waals surface area (Å²) in [4.78, 5) is 14.7. The minimum absolute atomic E-state index is 0.292. The summed E-state index contributed by atoms with van der Waals surface area (Å²) >= 11 is 18.3. The SMILES string of the molecule is O=C(C=Cc1ccc(-c2ccc(Cl)cc2Cl)o1)Nc1cc(Cl)ccc1N1CCOCC1. The molecule has 5 nitrogen and oxygen atoms in total. The number of furan rings is 1. The number of carbonyl (C=O) groups excluding carboxylic acids is 1. The summed E-state index contributed by atoms with van der Waals surface area (Å²) in [5.41, 5.74) is 2.29. The Labute approximate surface area is 195 Å². The van der Waals surface area contributed by atoms with E-state index >= 15 is 0 Å². The van der Waals surface area contributed by atoms with Gasteiger partial charge in [0.05, 0.1) is 29.6 Å². The van der Waals surface area contributed by atoms with E-state index in [9.17, 15) is 4.79 Å². The molecule has 0 saturated carbocycles. The third-order valence-corrected chi connectivity index (χ3v) is 5.57. The lowest BCUT2D eigenvalue weighted by molar-refractivity contribution is -0.111. The molecule has 0 bridgehead atoms. The minimum Gasteiger partial charge on any atom is -0.457 e. The van der Waals surface area contributed by atoms with Gasteiger partial charge in [-0.05, 0) is 54.6 Å². The minimum atomic E-state index is -0.292. The van der Waals surface area contributed by atoms with Crippen LogP contribution in [0.25, 0.3) is 17.4 Å². The zero-order valence-corrected chi connectivity index (χ0v) is 18.7. The number of amides is 1. The number of hydrogen-bond acceptors (Lipinski definition) is 4. The smallest absolute Gasteiger partial charge is 0.248 e. The van der Waals surface area contributed by atoms with Crippen LogP contribution in [-0.4, -0.2) is 32.2 Å². The summed E-state index contributed by atoms with van der Waals surface area (Å²) in [6.45, 7) is 2.80. The predicted molar refractivity (Wildman–Crippen MR) is 126 cm³/mol. The lowest BCUT2D eigenvalue weighted by atomic mass is 10.2. The molecule has 1 amide bonds. The summed E-state index contributed by atoms with van der Waals surface area (Å²) in [6.07, 6.45) is 3.01. The second kappa shape index (κ2) is 9.79. The van der Waals surface area contributed by atoms with Gasteiger partial charge in [-0.1, -0.05) is 34.8 Å². The monoisotopic (exact) mass is 476 g/mol. The van der Waals surface area contributed by atoms with E-state index < -0.39 is 0 Å². The summed E-state index contributed by atoms with van der Waals surface area (Å²) in [6, 6.07) is 14.2. The van der Waals surface area contributed by atoms with Crippen LogP contribution in [0.2, 0.25) is 15.1 Å². The molecule has 8 heteroatoms. The van der Waals surface area contributed by atoms with Crippen molar-refractivity contribution in [2.45, 2.75) is 0 Å². The summed E-state index contributed by atoms with van der Waals surface area (Å²) in [7, 11) is 0. The van der Waals surface area contributed by atoms with Gasteiger partial charge < -0.3 is 19.4 Å². The molecule has 2 heterocycles. The maximum atomic E-state index is 12.5. The Kier molecular flexibility index (Phi) is 6.88. The molecule has 2 aromatic carbocycles. The van der Waals surface area contributed by atoms with Gasteiger partial charge in [0.1, 0.15) is 11.5 Å². The van der Waals surface area contributed by atoms with Crippen LogP contribution in [-0.2, 0) is 9.53 Å². The van der Waals surface area contributed by atoms with Crippen molar-refractivity contribution >= 4 is 58.2 Å². The molecule has 1 aliphatic rings. The van der Waals surface area contributed by atoms with Crippen LogP contribution in [0.5, 0.6) is 0 Å². The number of nitrogens with zero attached hydrogens (tertiary/aromatic N) is 1. The van der Waals surface area contributed by atoms with Crippen molar-refractivity contribution in [3.8, 4) is 11.3 Å². The molecule has 1 aliphatic heterocycles. The van der Waals surface area contributed by atoms with Gasteiger partial charge in [-0.15, -0.1) is 0 Å². The number of benzene rings is 2. The Morgan fingerprint density at radius 1 is 0.968 bits per heavy atom. The molecule has 1 saturated heterocycles. The summed E-state index contributed by atoms with van der Waals surface area (Å²) < 4.78 is 11.2. The number of carbonyl (C=O) groups is 1. The molecule has 0 spiro atoms. The fourth-order valence-corrected chi connectivity index (χ4v) is 3.97. The molecule has 0 radical (unpaired) electrons. The Hall–Kier alpha value is -2.44. The molecule has 1 N–H and O–H groups in total. The molecule has 3 aromatic rings. The maximum absolute atomic E-state index is 12.5. The van der Waals surface area contributed by atoms with Gasteiger partial charge in [0.25, 0.3) is 0 Å². The van der Waals surface area contributed by atoms with Crippen LogP contribution in [0.3, 0.4) is 0 Å². The fourth-order valence-electron chi connectivity index (χ4n) is 3.30. The molecular weight excluding hydrogens is 459 g/mol. The highest BCUT2D eigenvalue weighted by Gasteiger charge is 2.16. The van der Waals surface area contributed by atoms with Crippen LogP contribution in [0, 0.1) is 0 Å². The molecule has 31 heavy (non-hydrogen) atoms. The lowest BCUT2D eigenvalue weighted by Gasteiger charge is -2.30. The Morgan fingerprint density at radius 2 is 1.71 bits per heavy atom. The molecule has 160 valence electrons. The van der Waals surface area contributed by atoms with E-state index in [4.69, 9.17) is 44.0 Å². The largest absolute Gasteiger partial charge is 0.457 e. The average molecular weight is 478 g/mol. The first-order chi connectivity index (χ1) is 15.0. The molecule has 0 atom stereocenters. The van der Waals surface area contributed by atoms with Crippen molar-refractivity contribution in [1.82, 2.24) is 0 Å². The molecule has 0 aliphatic carbocycles. The number of anilines is 2. The predicted octanol–water partition coefficient (Wildman–Crippen LogP) is 6.40. The standard InChI is InChI=1S/C23H19Cl3N2O3/c24-15-1-5-18(19(26)13-15)22-7-3-17(31-22)4-8-23(29)27-20-14-16(25)2-6-21(20)28-9-11-30-12-10-28/h1-8,13-14H,9-12H2,(H,27,29). The number of rotatable bonds is 5. The molecule has 4 rings (SSSR count). The lowest BCUT2D eigenvalue weighted by Crippen LogP contribution is -2.36. The molecule has 1 fully saturated rings. The highest BCUT2D eigenvalue weighted by atomic mass is 35.5. The van der Waals surface area contributed by atoms with E-state index in [1.54, 1.807) is 42.5 Å². The van der Waals surface area contributed by atoms with Crippen LogP contribution in [0.15, 0.2) is 59.0 Å². The summed E-state index contributed by atoms with van der Waals surface area (Å²) in [5, 5.41) is 4.49. The van der Waals surface area contributed by atoms with Crippen molar-refractivity contribution in [2.75, 3.05) is 36.5 Å². The van der Waals surface area contributed by atoms with Crippen LogP contribution >= 0.6 is 34.8 Å². The normalized spacial score (nSPS) is 14.2. The van der Waals surface area contributed by atoms with Gasteiger partial charge in [0.15, 0.2) is 0 Å². The Morgan fingerprint density at radius 3 is 2.48 bits per heavy atom. The van der Waals surface area contributed by atoms with Crippen molar-refractivity contribution in [3.05, 3.63) is 75.4 Å². The highest BCUT2D eigenvalue weighted by molar-refractivity contribution is 6.36. The number of morpholine rings is 1. The zero-order chi connectivity index (χ0) is 21.8. The Bertz CT molecular complexity index is 1120. The quantitative estimate of drug-likeness (QED) is 0.432. The third kappa shape index (κ3) is 5.43. The molecular formula is C23H19Cl3N2O3. The van der Waals surface area contributed by atoms with Gasteiger partial charge >= 0.3 is 0 Å². The number of halogens is 3. The van der Waals surface area contributed by atoms with Gasteiger partial charge in [0, 0.05) is 34.8 Å². The first-order valence-electron chi connectivity index (χ1n) is 9.66. The van der Waals surface area contributed by atoms with Gasteiger partial charge in [-0.3, -0.25) is 4.79 Å². The highest BCUT2D eigenvalue weighted by Crippen LogP contribution is 2.32. The topological polar surface area (TPSA) is 54.7 Å². The maximum Gasteiger partial charge on any atom is 0.248 e. The van der Waals surface area contributed by atoms with E-state index in [-0.39, 0.29) is 5.91 Å². The second-order valence-electron chi connectivity index (χ2n) is 6.91. The Balaban J connectivity index is 1.47. The van der Waals surface area contributed by atoms with Crippen molar-refractivity contribution in [3.63, 3.8) is 0 Å². The number of ether oxygens (including phenoxy) is 1. The first kappa shape index (κ1) is 21.8. The molecule has 1 aromatic heterocycles. The number of hydrogen-bond donors (Lipinski definition) is 1. The summed E-state index contributed by atoms with van der Waals surface area (Å²) in [5.74, 6) is 0.820. The zero-order valence-electron chi connectivity index (χ0n) is 16.4. The fraction of sp³-hybridized carbons (Fsp3) is 0.174. The van der Waals surface area contributed by atoms with Gasteiger partial charge in [-0.25, -0.2) is 0 Å². The van der Waals surface area contributed by atoms with Crippen molar-refractivity contribution in [1.29, 1.82) is 0 Å². The van der Waals surface area contributed by atoms with Gasteiger partial charge in [0.2, 0.25) is 5.91 Å². The first-order valence-corrected chi connectivity index (χ1v) is 10.8. The van der Waals surface area contributed by atoms with E-state index in [0.29, 0.717) is 45.5 Å². The number of nitrogens with one attached hydrogen (secondary N) is 1. The van der Waals surface area contributed by atoms with Crippen molar-refractivity contribution < 1.29 is 13.9 Å².